The van der Waals surface area contributed by atoms with E-state index in [1.54, 1.807) is 0 Å². The van der Waals surface area contributed by atoms with Crippen molar-refractivity contribution in [3.8, 4) is 0 Å². The van der Waals surface area contributed by atoms with E-state index >= 15 is 0 Å². The standard InChI is InChI=1S/C9H11F4NO2/c1-2-5-3-6(14(15)16)4-7(8(5)10)9(11,12)13/h3,5,7-8H,2,4H2,1H3. The first-order chi connectivity index (χ1) is 7.27. The minimum atomic E-state index is -4.73. The van der Waals surface area contributed by atoms with E-state index in [0.717, 1.165) is 6.08 Å². The number of nitro groups is 1. The van der Waals surface area contributed by atoms with Gasteiger partial charge in [-0.2, -0.15) is 13.2 Å². The van der Waals surface area contributed by atoms with Crippen LogP contribution in [0, 0.1) is 22.0 Å². The molecular formula is C9H11F4NO2. The molecule has 0 spiro atoms. The minimum absolute atomic E-state index is 0.116. The highest BCUT2D eigenvalue weighted by Gasteiger charge is 2.51. The third kappa shape index (κ3) is 2.51. The maximum absolute atomic E-state index is 13.5. The summed E-state index contributed by atoms with van der Waals surface area (Å²) in [4.78, 5) is 9.57. The molecule has 0 saturated heterocycles. The average molecular weight is 241 g/mol. The Labute approximate surface area is 89.3 Å². The van der Waals surface area contributed by atoms with Crippen LogP contribution in [0.25, 0.3) is 0 Å². The second kappa shape index (κ2) is 4.39. The Morgan fingerprint density at radius 2 is 2.12 bits per heavy atom. The van der Waals surface area contributed by atoms with Crippen molar-refractivity contribution in [1.82, 2.24) is 0 Å². The molecule has 0 aromatic heterocycles. The van der Waals surface area contributed by atoms with Crippen molar-refractivity contribution in [2.45, 2.75) is 32.1 Å². The van der Waals surface area contributed by atoms with Gasteiger partial charge in [0.1, 0.15) is 6.17 Å². The molecule has 0 saturated carbocycles. The Kier molecular flexibility index (Phi) is 3.54. The van der Waals surface area contributed by atoms with Crippen LogP contribution in [0.3, 0.4) is 0 Å². The second-order valence-corrected chi connectivity index (χ2v) is 3.78. The van der Waals surface area contributed by atoms with Crippen LogP contribution >= 0.6 is 0 Å². The number of hydrogen-bond donors (Lipinski definition) is 0. The smallest absolute Gasteiger partial charge is 0.259 e. The van der Waals surface area contributed by atoms with Gasteiger partial charge in [-0.3, -0.25) is 10.1 Å². The first-order valence-electron chi connectivity index (χ1n) is 4.83. The maximum atomic E-state index is 13.5. The van der Waals surface area contributed by atoms with E-state index in [0.29, 0.717) is 0 Å². The van der Waals surface area contributed by atoms with Crippen LogP contribution in [0.2, 0.25) is 0 Å². The van der Waals surface area contributed by atoms with Gasteiger partial charge in [-0.25, -0.2) is 4.39 Å². The first-order valence-corrected chi connectivity index (χ1v) is 4.83. The van der Waals surface area contributed by atoms with Gasteiger partial charge in [-0.1, -0.05) is 6.92 Å². The highest BCUT2D eigenvalue weighted by molar-refractivity contribution is 5.07. The number of allylic oxidation sites excluding steroid dienone is 2. The summed E-state index contributed by atoms with van der Waals surface area (Å²) in [6.07, 6.45) is -6.58. The summed E-state index contributed by atoms with van der Waals surface area (Å²) >= 11 is 0. The maximum Gasteiger partial charge on any atom is 0.395 e. The van der Waals surface area contributed by atoms with E-state index in [1.165, 1.54) is 6.92 Å². The van der Waals surface area contributed by atoms with Crippen molar-refractivity contribution in [3.63, 3.8) is 0 Å². The molecule has 0 aromatic carbocycles. The second-order valence-electron chi connectivity index (χ2n) is 3.78. The van der Waals surface area contributed by atoms with Crippen LogP contribution in [-0.2, 0) is 0 Å². The molecule has 3 unspecified atom stereocenters. The van der Waals surface area contributed by atoms with Gasteiger partial charge in [0.25, 0.3) is 0 Å². The summed E-state index contributed by atoms with van der Waals surface area (Å²) in [6.45, 7) is 1.50. The fourth-order valence-electron chi connectivity index (χ4n) is 1.82. The zero-order valence-corrected chi connectivity index (χ0v) is 8.50. The van der Waals surface area contributed by atoms with Crippen molar-refractivity contribution in [1.29, 1.82) is 0 Å². The Hall–Kier alpha value is -1.14. The van der Waals surface area contributed by atoms with E-state index in [9.17, 15) is 27.7 Å². The summed E-state index contributed by atoms with van der Waals surface area (Å²) in [5.74, 6) is -3.29. The van der Waals surface area contributed by atoms with Crippen LogP contribution in [0.4, 0.5) is 17.6 Å². The van der Waals surface area contributed by atoms with E-state index < -0.39 is 41.2 Å². The molecule has 3 atom stereocenters. The van der Waals surface area contributed by atoms with E-state index in [2.05, 4.69) is 0 Å². The molecule has 92 valence electrons. The van der Waals surface area contributed by atoms with Gasteiger partial charge < -0.3 is 0 Å². The quantitative estimate of drug-likeness (QED) is 0.423. The van der Waals surface area contributed by atoms with Gasteiger partial charge in [-0.15, -0.1) is 0 Å². The number of nitrogens with zero attached hydrogens (tertiary/aromatic N) is 1. The Balaban J connectivity index is 3.01. The zero-order chi connectivity index (χ0) is 12.5. The SMILES string of the molecule is CCC1C=C([N+](=O)[O-])CC(C(F)(F)F)C1F. The summed E-state index contributed by atoms with van der Waals surface area (Å²) < 4.78 is 50.8. The van der Waals surface area contributed by atoms with Gasteiger partial charge in [0.2, 0.25) is 5.70 Å². The number of halogens is 4. The summed E-state index contributed by atoms with van der Waals surface area (Å²) in [6, 6.07) is 0. The van der Waals surface area contributed by atoms with Crippen molar-refractivity contribution in [2.75, 3.05) is 0 Å². The molecule has 0 bridgehead atoms. The highest BCUT2D eigenvalue weighted by Crippen LogP contribution is 2.42. The molecule has 0 radical (unpaired) electrons. The molecule has 0 aliphatic heterocycles. The molecule has 1 rings (SSSR count). The molecule has 0 fully saturated rings. The van der Waals surface area contributed by atoms with Gasteiger partial charge >= 0.3 is 6.18 Å². The fraction of sp³-hybridized carbons (Fsp3) is 0.778. The average Bonchev–Trinajstić information content (AvgIpc) is 2.15. The van der Waals surface area contributed by atoms with Crippen LogP contribution in [-0.4, -0.2) is 17.3 Å². The highest BCUT2D eigenvalue weighted by atomic mass is 19.4. The summed E-state index contributed by atoms with van der Waals surface area (Å²) in [5.41, 5.74) is -0.539. The number of hydrogen-bond acceptors (Lipinski definition) is 2. The molecular weight excluding hydrogens is 230 g/mol. The third-order valence-corrected chi connectivity index (χ3v) is 2.76. The predicted molar refractivity (Wildman–Crippen MR) is 47.9 cm³/mol. The number of rotatable bonds is 2. The Morgan fingerprint density at radius 1 is 1.56 bits per heavy atom. The first kappa shape index (κ1) is 12.9. The van der Waals surface area contributed by atoms with Crippen molar-refractivity contribution >= 4 is 0 Å². The van der Waals surface area contributed by atoms with Crippen molar-refractivity contribution in [2.24, 2.45) is 11.8 Å². The van der Waals surface area contributed by atoms with Crippen LogP contribution < -0.4 is 0 Å². The lowest BCUT2D eigenvalue weighted by Gasteiger charge is -2.30. The molecule has 0 amide bonds. The molecule has 7 heteroatoms. The minimum Gasteiger partial charge on any atom is -0.259 e. The third-order valence-electron chi connectivity index (χ3n) is 2.76. The van der Waals surface area contributed by atoms with E-state index in [1.807, 2.05) is 0 Å². The van der Waals surface area contributed by atoms with E-state index in [4.69, 9.17) is 0 Å². The molecule has 0 aromatic rings. The normalized spacial score (nSPS) is 31.1. The molecule has 3 nitrogen and oxygen atoms in total. The van der Waals surface area contributed by atoms with Gasteiger partial charge in [0, 0.05) is 5.92 Å². The molecule has 0 heterocycles. The van der Waals surface area contributed by atoms with Crippen LogP contribution in [0.1, 0.15) is 19.8 Å². The predicted octanol–water partition coefficient (Wildman–Crippen LogP) is 3.09. The lowest BCUT2D eigenvalue weighted by molar-refractivity contribution is -0.433. The summed E-state index contributed by atoms with van der Waals surface area (Å²) in [5, 5.41) is 10.4. The van der Waals surface area contributed by atoms with Gasteiger partial charge in [-0.05, 0) is 12.5 Å². The van der Waals surface area contributed by atoms with Gasteiger partial charge in [0.15, 0.2) is 0 Å². The molecule has 1 aliphatic rings. The van der Waals surface area contributed by atoms with Crippen LogP contribution in [0.15, 0.2) is 11.8 Å². The fourth-order valence-corrected chi connectivity index (χ4v) is 1.82. The summed E-state index contributed by atoms with van der Waals surface area (Å²) in [7, 11) is 0. The molecule has 1 aliphatic carbocycles. The lowest BCUT2D eigenvalue weighted by Crippen LogP contribution is -2.39. The van der Waals surface area contributed by atoms with Gasteiger partial charge in [0.05, 0.1) is 17.3 Å². The number of alkyl halides is 4. The Bertz CT molecular complexity index is 313. The van der Waals surface area contributed by atoms with Crippen molar-refractivity contribution in [3.05, 3.63) is 21.9 Å². The molecule has 16 heavy (non-hydrogen) atoms. The largest absolute Gasteiger partial charge is 0.395 e. The van der Waals surface area contributed by atoms with Crippen molar-refractivity contribution < 1.29 is 22.5 Å². The molecule has 0 N–H and O–H groups in total. The monoisotopic (exact) mass is 241 g/mol. The Morgan fingerprint density at radius 3 is 2.50 bits per heavy atom. The topological polar surface area (TPSA) is 43.1 Å². The van der Waals surface area contributed by atoms with E-state index in [-0.39, 0.29) is 6.42 Å². The van der Waals surface area contributed by atoms with Crippen LogP contribution in [0.5, 0.6) is 0 Å². The lowest BCUT2D eigenvalue weighted by atomic mass is 9.81. The zero-order valence-electron chi connectivity index (χ0n) is 8.50.